The summed E-state index contributed by atoms with van der Waals surface area (Å²) in [4.78, 5) is 24.0. The van der Waals surface area contributed by atoms with Crippen LogP contribution in [0.5, 0.6) is 0 Å². The molecule has 0 unspecified atom stereocenters. The van der Waals surface area contributed by atoms with Gasteiger partial charge in [-0.25, -0.2) is 4.79 Å². The molecule has 2 rings (SSSR count). The number of ether oxygens (including phenoxy) is 1. The molecular weight excluding hydrogens is 314 g/mol. The fraction of sp³-hybridized carbons (Fsp3) is 0.190. The largest absolute Gasteiger partial charge is 0.453 e. The predicted octanol–water partition coefficient (Wildman–Crippen LogP) is 4.14. The molecule has 4 nitrogen and oxygen atoms in total. The lowest BCUT2D eigenvalue weighted by molar-refractivity contribution is -0.137. The number of hydrogen-bond acceptors (Lipinski definition) is 4. The summed E-state index contributed by atoms with van der Waals surface area (Å²) in [5.74, 6) is -0.713. The summed E-state index contributed by atoms with van der Waals surface area (Å²) in [5, 5.41) is 9.18. The number of hydrogen-bond donors (Lipinski definition) is 0. The Morgan fingerprint density at radius 2 is 1.72 bits per heavy atom. The van der Waals surface area contributed by atoms with E-state index in [0.717, 1.165) is 5.56 Å². The Labute approximate surface area is 147 Å². The number of rotatable bonds is 6. The maximum absolute atomic E-state index is 12.0. The topological polar surface area (TPSA) is 67.2 Å². The molecule has 0 spiro atoms. The van der Waals surface area contributed by atoms with E-state index in [9.17, 15) is 14.9 Å². The Bertz CT molecular complexity index is 812. The van der Waals surface area contributed by atoms with Gasteiger partial charge in [0, 0.05) is 5.56 Å². The summed E-state index contributed by atoms with van der Waals surface area (Å²) in [6.07, 6.45) is 1.46. The normalized spacial score (nSPS) is 11.0. The van der Waals surface area contributed by atoms with Gasteiger partial charge in [-0.1, -0.05) is 68.4 Å². The van der Waals surface area contributed by atoms with E-state index < -0.39 is 12.6 Å². The molecule has 0 bridgehead atoms. The van der Waals surface area contributed by atoms with Gasteiger partial charge in [0.05, 0.1) is 0 Å². The van der Waals surface area contributed by atoms with E-state index in [1.54, 1.807) is 30.3 Å². The fourth-order valence-electron chi connectivity index (χ4n) is 2.20. The first-order valence-corrected chi connectivity index (χ1v) is 7.98. The first-order valence-electron chi connectivity index (χ1n) is 7.98. The van der Waals surface area contributed by atoms with Crippen molar-refractivity contribution in [1.29, 1.82) is 5.26 Å². The van der Waals surface area contributed by atoms with E-state index in [1.165, 1.54) is 11.6 Å². The van der Waals surface area contributed by atoms with Gasteiger partial charge in [0.15, 0.2) is 12.4 Å². The third kappa shape index (κ3) is 5.15. The van der Waals surface area contributed by atoms with Gasteiger partial charge in [0.1, 0.15) is 11.6 Å². The van der Waals surface area contributed by atoms with Gasteiger partial charge in [0.25, 0.3) is 0 Å². The summed E-state index contributed by atoms with van der Waals surface area (Å²) >= 11 is 0. The highest BCUT2D eigenvalue weighted by molar-refractivity contribution is 6.01. The molecule has 2 aromatic carbocycles. The molecular formula is C21H19NO3. The average Bonchev–Trinajstić information content (AvgIpc) is 2.64. The number of Topliss-reactive ketones (excluding diaryl/α,β-unsaturated/α-hetero) is 1. The fourth-order valence-corrected chi connectivity index (χ4v) is 2.20. The lowest BCUT2D eigenvalue weighted by atomic mass is 10.0. The van der Waals surface area contributed by atoms with Crippen molar-refractivity contribution < 1.29 is 14.3 Å². The van der Waals surface area contributed by atoms with Crippen molar-refractivity contribution in [2.24, 2.45) is 0 Å². The first kappa shape index (κ1) is 18.2. The molecule has 0 fully saturated rings. The summed E-state index contributed by atoms with van der Waals surface area (Å²) < 4.78 is 4.97. The van der Waals surface area contributed by atoms with E-state index >= 15 is 0 Å². The number of nitriles is 1. The molecule has 2 aromatic rings. The highest BCUT2D eigenvalue weighted by Crippen LogP contribution is 2.16. The van der Waals surface area contributed by atoms with Gasteiger partial charge in [-0.15, -0.1) is 0 Å². The average molecular weight is 333 g/mol. The van der Waals surface area contributed by atoms with Crippen molar-refractivity contribution in [2.45, 2.75) is 19.8 Å². The standard InChI is InChI=1S/C21H19NO3/c1-15(2)17-10-8-16(9-11-17)12-19(13-22)21(24)25-14-20(23)18-6-4-3-5-7-18/h3-12,15H,14H2,1-2H3/b19-12+. The highest BCUT2D eigenvalue weighted by atomic mass is 16.5. The number of esters is 1. The van der Waals surface area contributed by atoms with Gasteiger partial charge in [0.2, 0.25) is 0 Å². The molecule has 4 heteroatoms. The minimum atomic E-state index is -0.806. The van der Waals surface area contributed by atoms with Crippen molar-refractivity contribution in [3.05, 3.63) is 76.9 Å². The second kappa shape index (κ2) is 8.60. The SMILES string of the molecule is CC(C)c1ccc(/C=C(\C#N)C(=O)OCC(=O)c2ccccc2)cc1. The van der Waals surface area contributed by atoms with Crippen LogP contribution >= 0.6 is 0 Å². The van der Waals surface area contributed by atoms with E-state index in [1.807, 2.05) is 30.3 Å². The zero-order valence-corrected chi connectivity index (χ0v) is 14.2. The van der Waals surface area contributed by atoms with Crippen LogP contribution in [0.25, 0.3) is 6.08 Å². The summed E-state index contributed by atoms with van der Waals surface area (Å²) in [5.41, 5.74) is 2.22. The second-order valence-corrected chi connectivity index (χ2v) is 5.86. The van der Waals surface area contributed by atoms with Crippen molar-refractivity contribution in [3.63, 3.8) is 0 Å². The van der Waals surface area contributed by atoms with Crippen LogP contribution in [0.15, 0.2) is 60.2 Å². The summed E-state index contributed by atoms with van der Waals surface area (Å²) in [6.45, 7) is 3.79. The van der Waals surface area contributed by atoms with Crippen molar-refractivity contribution in [2.75, 3.05) is 6.61 Å². The summed E-state index contributed by atoms with van der Waals surface area (Å²) in [7, 11) is 0. The number of ketones is 1. The molecule has 0 saturated heterocycles. The molecule has 0 aliphatic carbocycles. The van der Waals surface area contributed by atoms with Gasteiger partial charge in [-0.2, -0.15) is 5.26 Å². The van der Waals surface area contributed by atoms with E-state index in [-0.39, 0.29) is 11.4 Å². The van der Waals surface area contributed by atoms with Crippen molar-refractivity contribution in [1.82, 2.24) is 0 Å². The third-order valence-corrected chi connectivity index (χ3v) is 3.68. The quantitative estimate of drug-likeness (QED) is 0.345. The molecule has 0 saturated carbocycles. The highest BCUT2D eigenvalue weighted by Gasteiger charge is 2.14. The van der Waals surface area contributed by atoms with Crippen LogP contribution in [0, 0.1) is 11.3 Å². The first-order chi connectivity index (χ1) is 12.0. The summed E-state index contributed by atoms with van der Waals surface area (Å²) in [6, 6.07) is 18.0. The molecule has 0 heterocycles. The number of carbonyl (C=O) groups excluding carboxylic acids is 2. The van der Waals surface area contributed by atoms with Gasteiger partial charge in [-0.05, 0) is 23.1 Å². The monoisotopic (exact) mass is 333 g/mol. The molecule has 0 aliphatic heterocycles. The predicted molar refractivity (Wildman–Crippen MR) is 95.9 cm³/mol. The van der Waals surface area contributed by atoms with E-state index in [4.69, 9.17) is 4.74 Å². The molecule has 0 N–H and O–H groups in total. The zero-order valence-electron chi connectivity index (χ0n) is 14.2. The lowest BCUT2D eigenvalue weighted by Gasteiger charge is -2.06. The molecule has 25 heavy (non-hydrogen) atoms. The van der Waals surface area contributed by atoms with Gasteiger partial charge >= 0.3 is 5.97 Å². The van der Waals surface area contributed by atoms with Crippen LogP contribution in [0.4, 0.5) is 0 Å². The van der Waals surface area contributed by atoms with Gasteiger partial charge < -0.3 is 4.74 Å². The van der Waals surface area contributed by atoms with Crippen LogP contribution in [0.1, 0.15) is 41.3 Å². The van der Waals surface area contributed by atoms with E-state index in [2.05, 4.69) is 13.8 Å². The molecule has 0 aliphatic rings. The minimum absolute atomic E-state index is 0.141. The lowest BCUT2D eigenvalue weighted by Crippen LogP contribution is -2.15. The van der Waals surface area contributed by atoms with Crippen LogP contribution in [0.3, 0.4) is 0 Å². The Kier molecular flexibility index (Phi) is 6.25. The zero-order chi connectivity index (χ0) is 18.2. The molecule has 0 atom stereocenters. The minimum Gasteiger partial charge on any atom is -0.453 e. The van der Waals surface area contributed by atoms with E-state index in [0.29, 0.717) is 11.5 Å². The van der Waals surface area contributed by atoms with Crippen LogP contribution < -0.4 is 0 Å². The number of carbonyl (C=O) groups is 2. The van der Waals surface area contributed by atoms with Crippen LogP contribution in [-0.2, 0) is 9.53 Å². The molecule has 0 aromatic heterocycles. The third-order valence-electron chi connectivity index (χ3n) is 3.68. The Morgan fingerprint density at radius 3 is 2.28 bits per heavy atom. The number of nitrogens with zero attached hydrogens (tertiary/aromatic N) is 1. The molecule has 0 radical (unpaired) electrons. The van der Waals surface area contributed by atoms with Crippen molar-refractivity contribution in [3.8, 4) is 6.07 Å². The van der Waals surface area contributed by atoms with Crippen molar-refractivity contribution >= 4 is 17.8 Å². The maximum atomic E-state index is 12.0. The Hall–Kier alpha value is -3.19. The Morgan fingerprint density at radius 1 is 1.08 bits per heavy atom. The molecule has 0 amide bonds. The maximum Gasteiger partial charge on any atom is 0.349 e. The van der Waals surface area contributed by atoms with Crippen LogP contribution in [-0.4, -0.2) is 18.4 Å². The molecule has 126 valence electrons. The number of benzene rings is 2. The van der Waals surface area contributed by atoms with Gasteiger partial charge in [-0.3, -0.25) is 4.79 Å². The second-order valence-electron chi connectivity index (χ2n) is 5.86. The smallest absolute Gasteiger partial charge is 0.349 e. The Balaban J connectivity index is 2.03. The van der Waals surface area contributed by atoms with Crippen LogP contribution in [0.2, 0.25) is 0 Å².